The van der Waals surface area contributed by atoms with Crippen molar-refractivity contribution < 1.29 is 9.50 Å². The van der Waals surface area contributed by atoms with Crippen molar-refractivity contribution in [2.24, 2.45) is 11.8 Å². The van der Waals surface area contributed by atoms with Crippen LogP contribution in [-0.4, -0.2) is 29.5 Å². The van der Waals surface area contributed by atoms with E-state index in [0.29, 0.717) is 6.42 Å². The van der Waals surface area contributed by atoms with Crippen LogP contribution in [0.5, 0.6) is 0 Å². The van der Waals surface area contributed by atoms with E-state index in [1.165, 1.54) is 0 Å². The Labute approximate surface area is 84.9 Å². The van der Waals surface area contributed by atoms with Crippen LogP contribution in [-0.2, 0) is 0 Å². The van der Waals surface area contributed by atoms with Gasteiger partial charge in [-0.25, -0.2) is 4.39 Å². The van der Waals surface area contributed by atoms with Gasteiger partial charge in [-0.15, -0.1) is 0 Å². The zero-order chi connectivity index (χ0) is 10.3. The van der Waals surface area contributed by atoms with Crippen LogP contribution >= 0.6 is 0 Å². The Morgan fingerprint density at radius 3 is 2.71 bits per heavy atom. The summed E-state index contributed by atoms with van der Waals surface area (Å²) >= 11 is 0. The standard InChI is InChI=1S/C11H20FNO/c1-3-8(12)9-10(14)7(2)6-13-11(9)4-5-11/h7-10,13-14H,3-6H2,1-2H3/t7-,8?,9?,10+/m1/s1. The first-order valence-electron chi connectivity index (χ1n) is 5.68. The summed E-state index contributed by atoms with van der Waals surface area (Å²) < 4.78 is 13.8. The molecule has 14 heavy (non-hydrogen) atoms. The number of piperidine rings is 1. The molecule has 0 bridgehead atoms. The molecular weight excluding hydrogens is 181 g/mol. The van der Waals surface area contributed by atoms with E-state index in [0.717, 1.165) is 19.4 Å². The molecule has 2 rings (SSSR count). The van der Waals surface area contributed by atoms with Crippen molar-refractivity contribution in [1.82, 2.24) is 5.32 Å². The number of rotatable bonds is 2. The highest BCUT2D eigenvalue weighted by atomic mass is 19.1. The highest BCUT2D eigenvalue weighted by Gasteiger charge is 2.57. The number of hydrogen-bond acceptors (Lipinski definition) is 2. The summed E-state index contributed by atoms with van der Waals surface area (Å²) in [5, 5.41) is 13.4. The van der Waals surface area contributed by atoms with E-state index in [9.17, 15) is 9.50 Å². The Morgan fingerprint density at radius 1 is 1.57 bits per heavy atom. The fourth-order valence-corrected chi connectivity index (χ4v) is 2.74. The third-order valence-electron chi connectivity index (χ3n) is 3.93. The van der Waals surface area contributed by atoms with Crippen LogP contribution in [0.25, 0.3) is 0 Å². The molecule has 0 aromatic rings. The Hall–Kier alpha value is -0.150. The van der Waals surface area contributed by atoms with Crippen molar-refractivity contribution in [1.29, 1.82) is 0 Å². The van der Waals surface area contributed by atoms with Gasteiger partial charge in [0.05, 0.1) is 6.10 Å². The molecule has 1 spiro atoms. The number of aliphatic hydroxyl groups excluding tert-OH is 1. The molecule has 1 aliphatic heterocycles. The molecule has 1 aliphatic carbocycles. The first kappa shape index (κ1) is 10.4. The lowest BCUT2D eigenvalue weighted by Crippen LogP contribution is -2.57. The third-order valence-corrected chi connectivity index (χ3v) is 3.93. The van der Waals surface area contributed by atoms with Crippen molar-refractivity contribution in [3.05, 3.63) is 0 Å². The number of nitrogens with one attached hydrogen (secondary N) is 1. The van der Waals surface area contributed by atoms with E-state index in [4.69, 9.17) is 0 Å². The largest absolute Gasteiger partial charge is 0.392 e. The predicted molar refractivity (Wildman–Crippen MR) is 53.8 cm³/mol. The topological polar surface area (TPSA) is 32.3 Å². The van der Waals surface area contributed by atoms with Gasteiger partial charge in [-0.05, 0) is 25.2 Å². The van der Waals surface area contributed by atoms with Gasteiger partial charge in [-0.2, -0.15) is 0 Å². The SMILES string of the molecule is CCC(F)C1[C@@H](O)[C@H](C)CNC12CC2. The molecule has 0 radical (unpaired) electrons. The highest BCUT2D eigenvalue weighted by Crippen LogP contribution is 2.49. The van der Waals surface area contributed by atoms with Crippen LogP contribution in [0.1, 0.15) is 33.1 Å². The lowest BCUT2D eigenvalue weighted by atomic mass is 9.77. The summed E-state index contributed by atoms with van der Waals surface area (Å²) in [6, 6.07) is 0. The number of aliphatic hydroxyl groups is 1. The van der Waals surface area contributed by atoms with Gasteiger partial charge >= 0.3 is 0 Å². The van der Waals surface area contributed by atoms with Crippen LogP contribution in [0.15, 0.2) is 0 Å². The predicted octanol–water partition coefficient (Wildman–Crippen LogP) is 1.48. The van der Waals surface area contributed by atoms with Crippen molar-refractivity contribution in [3.63, 3.8) is 0 Å². The Kier molecular flexibility index (Phi) is 2.56. The van der Waals surface area contributed by atoms with E-state index in [1.807, 2.05) is 13.8 Å². The first-order chi connectivity index (χ1) is 6.60. The van der Waals surface area contributed by atoms with E-state index >= 15 is 0 Å². The van der Waals surface area contributed by atoms with Gasteiger partial charge in [0.15, 0.2) is 0 Å². The molecule has 0 aromatic heterocycles. The molecule has 1 heterocycles. The maximum absolute atomic E-state index is 13.8. The van der Waals surface area contributed by atoms with Gasteiger partial charge in [-0.1, -0.05) is 13.8 Å². The molecule has 82 valence electrons. The van der Waals surface area contributed by atoms with Crippen LogP contribution in [0.2, 0.25) is 0 Å². The van der Waals surface area contributed by atoms with Gasteiger partial charge in [0, 0.05) is 18.0 Å². The lowest BCUT2D eigenvalue weighted by molar-refractivity contribution is -0.0352. The van der Waals surface area contributed by atoms with Crippen molar-refractivity contribution >= 4 is 0 Å². The molecule has 2 N–H and O–H groups in total. The molecule has 4 atom stereocenters. The smallest absolute Gasteiger partial charge is 0.107 e. The summed E-state index contributed by atoms with van der Waals surface area (Å²) in [5.41, 5.74) is -0.0542. The molecule has 2 fully saturated rings. The average molecular weight is 201 g/mol. The summed E-state index contributed by atoms with van der Waals surface area (Å²) in [7, 11) is 0. The van der Waals surface area contributed by atoms with E-state index in [1.54, 1.807) is 0 Å². The van der Waals surface area contributed by atoms with Crippen LogP contribution in [0.3, 0.4) is 0 Å². The lowest BCUT2D eigenvalue weighted by Gasteiger charge is -2.42. The first-order valence-corrected chi connectivity index (χ1v) is 5.68. The number of hydrogen-bond donors (Lipinski definition) is 2. The van der Waals surface area contributed by atoms with E-state index in [2.05, 4.69) is 5.32 Å². The Balaban J connectivity index is 2.14. The van der Waals surface area contributed by atoms with Crippen molar-refractivity contribution in [2.45, 2.75) is 50.9 Å². The van der Waals surface area contributed by atoms with Crippen LogP contribution in [0.4, 0.5) is 4.39 Å². The second-order valence-corrected chi connectivity index (χ2v) is 4.95. The maximum Gasteiger partial charge on any atom is 0.107 e. The van der Waals surface area contributed by atoms with Gasteiger partial charge < -0.3 is 10.4 Å². The van der Waals surface area contributed by atoms with Crippen molar-refractivity contribution in [2.75, 3.05) is 6.54 Å². The molecule has 0 amide bonds. The van der Waals surface area contributed by atoms with Crippen molar-refractivity contribution in [3.8, 4) is 0 Å². The minimum Gasteiger partial charge on any atom is -0.392 e. The Bertz CT molecular complexity index is 217. The quantitative estimate of drug-likeness (QED) is 0.709. The van der Waals surface area contributed by atoms with Crippen LogP contribution < -0.4 is 5.32 Å². The summed E-state index contributed by atoms with van der Waals surface area (Å²) in [6.07, 6.45) is 1.25. The van der Waals surface area contributed by atoms with Gasteiger partial charge in [0.1, 0.15) is 6.17 Å². The second kappa shape index (κ2) is 3.46. The zero-order valence-electron chi connectivity index (χ0n) is 8.96. The molecule has 2 aliphatic rings. The molecule has 1 saturated heterocycles. The average Bonchev–Trinajstić information content (AvgIpc) is 2.93. The molecule has 1 saturated carbocycles. The minimum atomic E-state index is -0.859. The normalized spacial score (nSPS) is 42.4. The highest BCUT2D eigenvalue weighted by molar-refractivity contribution is 5.13. The van der Waals surface area contributed by atoms with Gasteiger partial charge in [-0.3, -0.25) is 0 Å². The van der Waals surface area contributed by atoms with Crippen LogP contribution in [0, 0.1) is 11.8 Å². The Morgan fingerprint density at radius 2 is 2.21 bits per heavy atom. The molecular formula is C11H20FNO. The summed E-state index contributed by atoms with van der Waals surface area (Å²) in [5.74, 6) is -0.00715. The molecule has 0 aromatic carbocycles. The van der Waals surface area contributed by atoms with Gasteiger partial charge in [0.25, 0.3) is 0 Å². The fourth-order valence-electron chi connectivity index (χ4n) is 2.74. The second-order valence-electron chi connectivity index (χ2n) is 4.95. The van der Waals surface area contributed by atoms with Gasteiger partial charge in [0.2, 0.25) is 0 Å². The number of halogens is 1. The fraction of sp³-hybridized carbons (Fsp3) is 1.00. The third kappa shape index (κ3) is 1.47. The van der Waals surface area contributed by atoms with E-state index in [-0.39, 0.29) is 17.4 Å². The summed E-state index contributed by atoms with van der Waals surface area (Å²) in [6.45, 7) is 4.67. The zero-order valence-corrected chi connectivity index (χ0v) is 8.96. The summed E-state index contributed by atoms with van der Waals surface area (Å²) in [4.78, 5) is 0. The molecule has 2 nitrogen and oxygen atoms in total. The van der Waals surface area contributed by atoms with E-state index < -0.39 is 12.3 Å². The monoisotopic (exact) mass is 201 g/mol. The maximum atomic E-state index is 13.8. The molecule has 2 unspecified atom stereocenters. The minimum absolute atomic E-state index is 0.0542. The molecule has 3 heteroatoms. The number of alkyl halides is 1.